The van der Waals surface area contributed by atoms with Gasteiger partial charge in [-0.25, -0.2) is 0 Å². The molecule has 0 saturated heterocycles. The molecule has 0 aliphatic rings. The van der Waals surface area contributed by atoms with Crippen molar-refractivity contribution in [3.05, 3.63) is 53.3 Å². The Balaban J connectivity index is 2.59. The van der Waals surface area contributed by atoms with Crippen LogP contribution in [0.5, 0.6) is 17.2 Å². The fourth-order valence-corrected chi connectivity index (χ4v) is 3.25. The van der Waals surface area contributed by atoms with Gasteiger partial charge in [0.2, 0.25) is 0 Å². The van der Waals surface area contributed by atoms with Gasteiger partial charge in [-0.2, -0.15) is 4.37 Å². The molecule has 0 fully saturated rings. The molecule has 0 atom stereocenters. The Morgan fingerprint density at radius 1 is 1.07 bits per heavy atom. The van der Waals surface area contributed by atoms with Crippen LogP contribution < -0.4 is 14.2 Å². The van der Waals surface area contributed by atoms with Crippen LogP contribution in [0.1, 0.15) is 12.5 Å². The minimum absolute atomic E-state index is 0.347. The van der Waals surface area contributed by atoms with Crippen molar-refractivity contribution in [1.29, 1.82) is 0 Å². The van der Waals surface area contributed by atoms with Crippen LogP contribution in [0.4, 0.5) is 0 Å². The SMILES string of the molecule is C\C=C(/C=C\C(=C\O)OC)c1csnc1-c1cc(OC)cc(OC)c1OC. The van der Waals surface area contributed by atoms with Gasteiger partial charge in [-0.3, -0.25) is 0 Å². The minimum Gasteiger partial charge on any atom is -0.512 e. The highest BCUT2D eigenvalue weighted by Crippen LogP contribution is 2.43. The van der Waals surface area contributed by atoms with E-state index in [1.807, 2.05) is 30.5 Å². The summed E-state index contributed by atoms with van der Waals surface area (Å²) in [6.45, 7) is 1.93. The number of benzene rings is 1. The predicted octanol–water partition coefficient (Wildman–Crippen LogP) is 4.84. The number of nitrogens with zero attached hydrogens (tertiary/aromatic N) is 1. The van der Waals surface area contributed by atoms with Crippen LogP contribution in [-0.2, 0) is 4.74 Å². The first kappa shape index (κ1) is 20.4. The van der Waals surface area contributed by atoms with Gasteiger partial charge in [0.1, 0.15) is 12.0 Å². The summed E-state index contributed by atoms with van der Waals surface area (Å²) in [5.41, 5.74) is 3.35. The highest BCUT2D eigenvalue weighted by molar-refractivity contribution is 7.04. The van der Waals surface area contributed by atoms with Crippen LogP contribution in [0, 0.1) is 0 Å². The summed E-state index contributed by atoms with van der Waals surface area (Å²) in [5.74, 6) is 2.13. The molecule has 7 heteroatoms. The molecule has 0 amide bonds. The van der Waals surface area contributed by atoms with Crippen LogP contribution in [-0.4, -0.2) is 37.9 Å². The van der Waals surface area contributed by atoms with Gasteiger partial charge in [0.05, 0.1) is 39.7 Å². The molecular formula is C20H23NO5S. The Bertz CT molecular complexity index is 867. The predicted molar refractivity (Wildman–Crippen MR) is 108 cm³/mol. The largest absolute Gasteiger partial charge is 0.512 e. The van der Waals surface area contributed by atoms with Crippen molar-refractivity contribution in [2.75, 3.05) is 28.4 Å². The van der Waals surface area contributed by atoms with Crippen LogP contribution in [0.3, 0.4) is 0 Å². The summed E-state index contributed by atoms with van der Waals surface area (Å²) in [4.78, 5) is 0. The molecule has 6 nitrogen and oxygen atoms in total. The van der Waals surface area contributed by atoms with Gasteiger partial charge in [-0.05, 0) is 36.2 Å². The molecule has 0 unspecified atom stereocenters. The molecule has 144 valence electrons. The van der Waals surface area contributed by atoms with Gasteiger partial charge in [0.15, 0.2) is 17.3 Å². The van der Waals surface area contributed by atoms with E-state index in [1.54, 1.807) is 33.5 Å². The first-order valence-corrected chi connectivity index (χ1v) is 8.94. The smallest absolute Gasteiger partial charge is 0.170 e. The van der Waals surface area contributed by atoms with Crippen molar-refractivity contribution in [3.8, 4) is 28.5 Å². The first-order valence-electron chi connectivity index (χ1n) is 8.11. The van der Waals surface area contributed by atoms with Crippen molar-refractivity contribution in [3.63, 3.8) is 0 Å². The number of aromatic nitrogens is 1. The van der Waals surface area contributed by atoms with Crippen molar-refractivity contribution >= 4 is 17.1 Å². The Kier molecular flexibility index (Phi) is 7.31. The molecule has 2 rings (SSSR count). The van der Waals surface area contributed by atoms with E-state index < -0.39 is 0 Å². The molecule has 1 aromatic heterocycles. The van der Waals surface area contributed by atoms with Crippen LogP contribution in [0.25, 0.3) is 16.8 Å². The second-order valence-corrected chi connectivity index (χ2v) is 5.93. The average molecular weight is 389 g/mol. The van der Waals surface area contributed by atoms with E-state index in [-0.39, 0.29) is 0 Å². The zero-order valence-electron chi connectivity index (χ0n) is 16.0. The minimum atomic E-state index is 0.347. The summed E-state index contributed by atoms with van der Waals surface area (Å²) < 4.78 is 26.0. The highest BCUT2D eigenvalue weighted by atomic mass is 32.1. The summed E-state index contributed by atoms with van der Waals surface area (Å²) in [6.07, 6.45) is 6.40. The van der Waals surface area contributed by atoms with Gasteiger partial charge in [0.25, 0.3) is 0 Å². The zero-order valence-corrected chi connectivity index (χ0v) is 16.8. The lowest BCUT2D eigenvalue weighted by molar-refractivity contribution is 0.286. The van der Waals surface area contributed by atoms with Gasteiger partial charge in [-0.1, -0.05) is 12.2 Å². The number of ether oxygens (including phenoxy) is 4. The third-order valence-corrected chi connectivity index (χ3v) is 4.55. The molecule has 0 aliphatic heterocycles. The number of hydrogen-bond acceptors (Lipinski definition) is 7. The molecule has 0 spiro atoms. The van der Waals surface area contributed by atoms with Crippen LogP contribution in [0.15, 0.2) is 47.8 Å². The van der Waals surface area contributed by atoms with E-state index >= 15 is 0 Å². The molecule has 2 aromatic rings. The molecule has 27 heavy (non-hydrogen) atoms. The van der Waals surface area contributed by atoms with Crippen molar-refractivity contribution in [2.24, 2.45) is 0 Å². The van der Waals surface area contributed by atoms with E-state index in [2.05, 4.69) is 4.37 Å². The molecule has 1 N–H and O–H groups in total. The maximum atomic E-state index is 9.15. The van der Waals surface area contributed by atoms with E-state index in [0.717, 1.165) is 28.7 Å². The number of allylic oxidation sites excluding steroid dienone is 4. The molecule has 1 heterocycles. The Hall–Kier alpha value is -2.93. The fourth-order valence-electron chi connectivity index (χ4n) is 2.55. The number of rotatable bonds is 8. The molecule has 1 aromatic carbocycles. The summed E-state index contributed by atoms with van der Waals surface area (Å²) >= 11 is 1.34. The highest BCUT2D eigenvalue weighted by Gasteiger charge is 2.20. The Morgan fingerprint density at radius 2 is 1.85 bits per heavy atom. The van der Waals surface area contributed by atoms with E-state index in [1.165, 1.54) is 18.6 Å². The molecule has 0 bridgehead atoms. The van der Waals surface area contributed by atoms with E-state index in [9.17, 15) is 0 Å². The van der Waals surface area contributed by atoms with Crippen molar-refractivity contribution in [1.82, 2.24) is 4.37 Å². The fraction of sp³-hybridized carbons (Fsp3) is 0.250. The van der Waals surface area contributed by atoms with E-state index in [4.69, 9.17) is 24.1 Å². The van der Waals surface area contributed by atoms with Crippen LogP contribution >= 0.6 is 11.5 Å². The number of aliphatic hydroxyl groups is 1. The summed E-state index contributed by atoms with van der Waals surface area (Å²) in [7, 11) is 6.26. The van der Waals surface area contributed by atoms with Gasteiger partial charge in [-0.15, -0.1) is 0 Å². The van der Waals surface area contributed by atoms with Gasteiger partial charge < -0.3 is 24.1 Å². The van der Waals surface area contributed by atoms with Crippen LogP contribution in [0.2, 0.25) is 0 Å². The Morgan fingerprint density at radius 3 is 2.41 bits per heavy atom. The van der Waals surface area contributed by atoms with Crippen molar-refractivity contribution in [2.45, 2.75) is 6.92 Å². The Labute approximate surface area is 163 Å². The van der Waals surface area contributed by atoms with Crippen molar-refractivity contribution < 1.29 is 24.1 Å². The third kappa shape index (κ3) is 4.43. The maximum absolute atomic E-state index is 9.15. The third-order valence-electron chi connectivity index (χ3n) is 3.93. The number of hydrogen-bond donors (Lipinski definition) is 1. The number of methoxy groups -OCH3 is 4. The second-order valence-electron chi connectivity index (χ2n) is 5.30. The molecule has 0 saturated carbocycles. The summed E-state index contributed by atoms with van der Waals surface area (Å²) in [5, 5.41) is 11.1. The quantitative estimate of drug-likeness (QED) is 0.514. The first-order chi connectivity index (χ1) is 13.1. The standard InChI is InChI=1S/C20H23NO5S/c1-6-13(7-8-14(11-22)23-2)17-12-27-21-19(17)16-9-15(24-3)10-18(25-4)20(16)26-5/h6-12,22H,1-5H3/b8-7-,13-6+,14-11-. The molecular weight excluding hydrogens is 366 g/mol. The topological polar surface area (TPSA) is 70.0 Å². The molecule has 0 radical (unpaired) electrons. The normalized spacial score (nSPS) is 12.3. The monoisotopic (exact) mass is 389 g/mol. The lowest BCUT2D eigenvalue weighted by atomic mass is 10.00. The van der Waals surface area contributed by atoms with E-state index in [0.29, 0.717) is 23.0 Å². The average Bonchev–Trinajstić information content (AvgIpc) is 3.19. The lowest BCUT2D eigenvalue weighted by Gasteiger charge is -2.15. The zero-order chi connectivity index (χ0) is 19.8. The molecule has 0 aliphatic carbocycles. The maximum Gasteiger partial charge on any atom is 0.170 e. The second kappa shape index (κ2) is 9.68. The summed E-state index contributed by atoms with van der Waals surface area (Å²) in [6, 6.07) is 3.63. The number of aliphatic hydroxyl groups excluding tert-OH is 1. The van der Waals surface area contributed by atoms with Gasteiger partial charge >= 0.3 is 0 Å². The lowest BCUT2D eigenvalue weighted by Crippen LogP contribution is -1.97. The van der Waals surface area contributed by atoms with Gasteiger partial charge in [0, 0.05) is 17.0 Å².